The summed E-state index contributed by atoms with van der Waals surface area (Å²) in [6.07, 6.45) is 1.84. The van der Waals surface area contributed by atoms with Gasteiger partial charge in [-0.25, -0.2) is 0 Å². The number of rotatable bonds is 14. The zero-order valence-corrected chi connectivity index (χ0v) is 31.0. The molecule has 0 amide bonds. The topological polar surface area (TPSA) is 108 Å². The molecule has 12 heteroatoms. The van der Waals surface area contributed by atoms with Crippen LogP contribution in [0.3, 0.4) is 0 Å². The fraction of sp³-hybridized carbons (Fsp3) is 0.179. The number of nitriles is 2. The minimum absolute atomic E-state index is 0.204. The van der Waals surface area contributed by atoms with Gasteiger partial charge in [-0.3, -0.25) is 4.55 Å². The molecule has 0 fully saturated rings. The first-order chi connectivity index (χ1) is 24.5. The van der Waals surface area contributed by atoms with Crippen LogP contribution in [-0.2, 0) is 10.1 Å². The van der Waals surface area contributed by atoms with Crippen LogP contribution in [0.25, 0.3) is 0 Å². The van der Waals surface area contributed by atoms with Gasteiger partial charge in [0.25, 0.3) is 10.1 Å². The third-order valence-electron chi connectivity index (χ3n) is 8.34. The van der Waals surface area contributed by atoms with E-state index in [2.05, 4.69) is 12.1 Å². The van der Waals surface area contributed by atoms with E-state index >= 15 is 0 Å². The van der Waals surface area contributed by atoms with Crippen LogP contribution in [0.1, 0.15) is 48.3 Å². The van der Waals surface area contributed by atoms with Crippen LogP contribution in [0.15, 0.2) is 114 Å². The molecule has 0 heterocycles. The van der Waals surface area contributed by atoms with E-state index in [1.165, 1.54) is 6.07 Å². The van der Waals surface area contributed by atoms with Crippen molar-refractivity contribution in [2.45, 2.75) is 36.5 Å². The molecule has 0 atom stereocenters. The summed E-state index contributed by atoms with van der Waals surface area (Å²) in [4.78, 5) is 3.72. The second kappa shape index (κ2) is 17.3. The predicted molar refractivity (Wildman–Crippen MR) is 207 cm³/mol. The number of para-hydroxylation sites is 2. The molecular formula is C39H32Cl4N4O3S. The summed E-state index contributed by atoms with van der Waals surface area (Å²) < 4.78 is 35.6. The lowest BCUT2D eigenvalue weighted by molar-refractivity contribution is 0.482. The van der Waals surface area contributed by atoms with Crippen molar-refractivity contribution < 1.29 is 13.0 Å². The van der Waals surface area contributed by atoms with E-state index in [9.17, 15) is 23.5 Å². The number of hydrogen-bond acceptors (Lipinski definition) is 6. The summed E-state index contributed by atoms with van der Waals surface area (Å²) in [5, 5.41) is 20.2. The minimum atomic E-state index is -4.58. The van der Waals surface area contributed by atoms with Crippen LogP contribution in [-0.4, -0.2) is 26.1 Å². The molecule has 1 N–H and O–H groups in total. The molecule has 0 saturated carbocycles. The van der Waals surface area contributed by atoms with Crippen molar-refractivity contribution in [2.75, 3.05) is 22.9 Å². The van der Waals surface area contributed by atoms with Gasteiger partial charge in [-0.05, 0) is 84.1 Å². The summed E-state index contributed by atoms with van der Waals surface area (Å²) in [6, 6.07) is 36.5. The molecule has 0 unspecified atom stereocenters. The van der Waals surface area contributed by atoms with Gasteiger partial charge >= 0.3 is 0 Å². The Bertz CT molecular complexity index is 2030. The smallest absolute Gasteiger partial charge is 0.294 e. The van der Waals surface area contributed by atoms with Crippen LogP contribution in [0.4, 0.5) is 22.7 Å². The highest BCUT2D eigenvalue weighted by atomic mass is 35.5. The average Bonchev–Trinajstić information content (AvgIpc) is 3.11. The van der Waals surface area contributed by atoms with Crippen LogP contribution in [0.2, 0.25) is 20.1 Å². The van der Waals surface area contributed by atoms with Crippen LogP contribution in [0.5, 0.6) is 0 Å². The van der Waals surface area contributed by atoms with E-state index in [4.69, 9.17) is 46.4 Å². The van der Waals surface area contributed by atoms with Crippen molar-refractivity contribution >= 4 is 79.3 Å². The lowest BCUT2D eigenvalue weighted by Gasteiger charge is -2.28. The molecule has 0 bridgehead atoms. The molecular weight excluding hydrogens is 746 g/mol. The SMILES string of the molecule is N#CCCCN(c1ccc(C(c2ccc(N(CCCC#N)c3c(Cl)cccc3Cl)cc2)c2ccccc2S(=O)(=O)O)cc1)c1c(Cl)cccc1Cl. The second-order valence-corrected chi connectivity index (χ2v) is 14.6. The third kappa shape index (κ3) is 8.98. The Hall–Kier alpha value is -4.25. The summed E-state index contributed by atoms with van der Waals surface area (Å²) >= 11 is 26.4. The summed E-state index contributed by atoms with van der Waals surface area (Å²) in [5.41, 5.74) is 4.68. The Balaban J connectivity index is 1.61. The standard InChI is InChI=1S/C39H32Cl4N4O3S/c40-32-10-7-11-33(41)38(32)46(25-5-3-23-44)29-19-15-27(16-20-29)37(31-9-1-2-14-36(31)51(48,49)50)28-17-21-30(22-18-28)47(26-6-4-24-45)39-34(42)12-8-13-35(39)43/h1-2,7-22,37H,3-6,25-26H2,(H,48,49,50). The molecule has 0 aromatic heterocycles. The molecule has 7 nitrogen and oxygen atoms in total. The Kier molecular flexibility index (Phi) is 12.9. The van der Waals surface area contributed by atoms with Crippen LogP contribution in [0, 0.1) is 22.7 Å². The van der Waals surface area contributed by atoms with Crippen molar-refractivity contribution in [3.05, 3.63) is 146 Å². The molecule has 5 aromatic rings. The van der Waals surface area contributed by atoms with Gasteiger partial charge in [0.2, 0.25) is 0 Å². The number of hydrogen-bond donors (Lipinski definition) is 1. The molecule has 5 rings (SSSR count). The molecule has 0 aliphatic rings. The zero-order chi connectivity index (χ0) is 36.5. The highest BCUT2D eigenvalue weighted by Crippen LogP contribution is 2.42. The van der Waals surface area contributed by atoms with Gasteiger partial charge in [-0.15, -0.1) is 0 Å². The molecule has 0 spiro atoms. The maximum atomic E-state index is 12.6. The van der Waals surface area contributed by atoms with Crippen molar-refractivity contribution in [1.82, 2.24) is 0 Å². The number of nitrogens with zero attached hydrogens (tertiary/aromatic N) is 4. The van der Waals surface area contributed by atoms with Crippen molar-refractivity contribution in [3.63, 3.8) is 0 Å². The van der Waals surface area contributed by atoms with Gasteiger partial charge in [0.1, 0.15) is 0 Å². The van der Waals surface area contributed by atoms with E-state index in [1.54, 1.807) is 54.6 Å². The highest BCUT2D eigenvalue weighted by molar-refractivity contribution is 7.85. The fourth-order valence-electron chi connectivity index (χ4n) is 6.07. The first-order valence-electron chi connectivity index (χ1n) is 16.0. The van der Waals surface area contributed by atoms with Crippen molar-refractivity contribution in [3.8, 4) is 12.1 Å². The maximum absolute atomic E-state index is 12.6. The summed E-state index contributed by atoms with van der Waals surface area (Å²) in [6.45, 7) is 0.959. The van der Waals surface area contributed by atoms with Crippen LogP contribution >= 0.6 is 46.4 Å². The quantitative estimate of drug-likeness (QED) is 0.0679. The third-order valence-corrected chi connectivity index (χ3v) is 10.5. The van der Waals surface area contributed by atoms with Crippen LogP contribution < -0.4 is 9.80 Å². The van der Waals surface area contributed by atoms with Gasteiger partial charge < -0.3 is 9.80 Å². The zero-order valence-electron chi connectivity index (χ0n) is 27.2. The van der Waals surface area contributed by atoms with Gasteiger partial charge in [0.15, 0.2) is 0 Å². The Morgan fingerprint density at radius 3 is 1.35 bits per heavy atom. The average molecular weight is 779 g/mol. The second-order valence-electron chi connectivity index (χ2n) is 11.6. The maximum Gasteiger partial charge on any atom is 0.294 e. The Labute approximate surface area is 318 Å². The van der Waals surface area contributed by atoms with Gasteiger partial charge in [0.05, 0.1) is 48.5 Å². The number of anilines is 4. The first-order valence-corrected chi connectivity index (χ1v) is 18.9. The molecule has 260 valence electrons. The fourth-order valence-corrected chi connectivity index (χ4v) is 8.00. The molecule has 0 saturated heterocycles. The molecule has 0 aliphatic carbocycles. The Morgan fingerprint density at radius 2 is 0.980 bits per heavy atom. The van der Waals surface area contributed by atoms with E-state index < -0.39 is 16.0 Å². The molecule has 51 heavy (non-hydrogen) atoms. The summed E-state index contributed by atoms with van der Waals surface area (Å²) in [7, 11) is -4.58. The summed E-state index contributed by atoms with van der Waals surface area (Å²) in [5.74, 6) is -0.613. The van der Waals surface area contributed by atoms with E-state index in [0.717, 1.165) is 22.5 Å². The normalized spacial score (nSPS) is 11.2. The first kappa shape index (κ1) is 38.0. The highest BCUT2D eigenvalue weighted by Gasteiger charge is 2.26. The molecule has 0 radical (unpaired) electrons. The van der Waals surface area contributed by atoms with Crippen molar-refractivity contribution in [2.24, 2.45) is 0 Å². The lowest BCUT2D eigenvalue weighted by atomic mass is 9.85. The van der Waals surface area contributed by atoms with Crippen molar-refractivity contribution in [1.29, 1.82) is 10.5 Å². The molecule has 0 aliphatic heterocycles. The van der Waals surface area contributed by atoms with E-state index in [-0.39, 0.29) is 4.90 Å². The minimum Gasteiger partial charge on any atom is -0.339 e. The molecule has 5 aromatic carbocycles. The monoisotopic (exact) mass is 776 g/mol. The predicted octanol–water partition coefficient (Wildman–Crippen LogP) is 11.6. The number of benzene rings is 5. The Morgan fingerprint density at radius 1 is 0.588 bits per heavy atom. The largest absolute Gasteiger partial charge is 0.339 e. The van der Waals surface area contributed by atoms with Gasteiger partial charge in [-0.2, -0.15) is 18.9 Å². The lowest BCUT2D eigenvalue weighted by Crippen LogP contribution is -2.20. The van der Waals surface area contributed by atoms with E-state index in [1.807, 2.05) is 58.3 Å². The number of unbranched alkanes of at least 4 members (excludes halogenated alkanes) is 2. The number of halogens is 4. The van der Waals surface area contributed by atoms with E-state index in [0.29, 0.717) is 75.8 Å². The van der Waals surface area contributed by atoms with Gasteiger partial charge in [0, 0.05) is 43.2 Å². The van der Waals surface area contributed by atoms with Gasteiger partial charge in [-0.1, -0.05) is 101 Å².